The zero-order valence-electron chi connectivity index (χ0n) is 15.0. The summed E-state index contributed by atoms with van der Waals surface area (Å²) >= 11 is 0. The average molecular weight is 352 g/mol. The number of hydrogen-bond acceptors (Lipinski definition) is 6. The topological polar surface area (TPSA) is 83.0 Å². The second-order valence-corrected chi connectivity index (χ2v) is 6.79. The maximum Gasteiger partial charge on any atom is 0.224 e. The Kier molecular flexibility index (Phi) is 4.79. The number of carbonyl (C=O) groups is 1. The lowest BCUT2D eigenvalue weighted by atomic mass is 10.1. The molecule has 0 radical (unpaired) electrons. The van der Waals surface area contributed by atoms with Gasteiger partial charge in [0.05, 0.1) is 11.6 Å². The Hall–Kier alpha value is -2.54. The van der Waals surface area contributed by atoms with Gasteiger partial charge in [-0.2, -0.15) is 0 Å². The summed E-state index contributed by atoms with van der Waals surface area (Å²) in [7, 11) is 0. The van der Waals surface area contributed by atoms with E-state index in [0.29, 0.717) is 12.4 Å². The molecule has 0 saturated carbocycles. The summed E-state index contributed by atoms with van der Waals surface area (Å²) < 4.78 is 0. The Labute approximate surface area is 153 Å². The Morgan fingerprint density at radius 2 is 2.35 bits per heavy atom. The highest BCUT2D eigenvalue weighted by molar-refractivity contribution is 5.80. The van der Waals surface area contributed by atoms with Gasteiger partial charge in [-0.25, -0.2) is 9.97 Å². The van der Waals surface area contributed by atoms with Gasteiger partial charge in [-0.3, -0.25) is 9.78 Å². The molecular formula is C19H24N6O. The number of nitrogens with one attached hydrogen (secondary N) is 2. The van der Waals surface area contributed by atoms with Gasteiger partial charge in [0, 0.05) is 49.7 Å². The minimum atomic E-state index is 0.0316. The molecule has 1 saturated heterocycles. The molecule has 1 atom stereocenters. The number of hydrogen-bond donors (Lipinski definition) is 2. The number of nitrogens with zero attached hydrogens (tertiary/aromatic N) is 4. The lowest BCUT2D eigenvalue weighted by Crippen LogP contribution is -2.34. The zero-order chi connectivity index (χ0) is 17.9. The van der Waals surface area contributed by atoms with Crippen LogP contribution in [0.1, 0.15) is 24.6 Å². The van der Waals surface area contributed by atoms with Crippen LogP contribution < -0.4 is 15.5 Å². The normalized spacial score (nSPS) is 19.3. The van der Waals surface area contributed by atoms with Crippen molar-refractivity contribution in [2.75, 3.05) is 31.1 Å². The van der Waals surface area contributed by atoms with Crippen LogP contribution in [0.4, 0.5) is 5.82 Å². The van der Waals surface area contributed by atoms with Crippen molar-refractivity contribution in [3.05, 3.63) is 35.8 Å². The quantitative estimate of drug-likeness (QED) is 0.859. The van der Waals surface area contributed by atoms with Gasteiger partial charge in [-0.05, 0) is 38.4 Å². The second-order valence-electron chi connectivity index (χ2n) is 6.79. The van der Waals surface area contributed by atoms with Gasteiger partial charge < -0.3 is 15.5 Å². The number of rotatable bonds is 4. The molecule has 2 aromatic heterocycles. The predicted molar refractivity (Wildman–Crippen MR) is 99.7 cm³/mol. The highest BCUT2D eigenvalue weighted by atomic mass is 16.1. The fraction of sp³-hybridized carbons (Fsp3) is 0.474. The minimum absolute atomic E-state index is 0.0316. The third-order valence-corrected chi connectivity index (χ3v) is 5.04. The molecule has 2 aromatic rings. The number of amides is 1. The van der Waals surface area contributed by atoms with Crippen molar-refractivity contribution >= 4 is 11.7 Å². The number of aromatic nitrogens is 3. The van der Waals surface area contributed by atoms with Crippen LogP contribution >= 0.6 is 0 Å². The molecule has 2 aliphatic heterocycles. The fourth-order valence-electron chi connectivity index (χ4n) is 3.71. The Morgan fingerprint density at radius 1 is 1.42 bits per heavy atom. The Balaban J connectivity index is 1.68. The van der Waals surface area contributed by atoms with E-state index < -0.39 is 0 Å². The number of fused-ring (bicyclic) bond motifs is 1. The van der Waals surface area contributed by atoms with E-state index in [2.05, 4.69) is 20.5 Å². The summed E-state index contributed by atoms with van der Waals surface area (Å²) in [6.45, 7) is 5.89. The molecule has 0 unspecified atom stereocenters. The number of anilines is 1. The largest absolute Gasteiger partial charge is 0.356 e. The molecule has 7 heteroatoms. The van der Waals surface area contributed by atoms with Crippen LogP contribution in [0.15, 0.2) is 24.5 Å². The summed E-state index contributed by atoms with van der Waals surface area (Å²) in [4.78, 5) is 28.3. The SMILES string of the molecule is CCNC(=O)[C@H]1CCN(c2nc(-c3cccnc3)nc3c2CCNC3)C1. The van der Waals surface area contributed by atoms with Crippen molar-refractivity contribution in [1.29, 1.82) is 0 Å². The summed E-state index contributed by atoms with van der Waals surface area (Å²) in [5.41, 5.74) is 3.19. The summed E-state index contributed by atoms with van der Waals surface area (Å²) in [6, 6.07) is 3.88. The third-order valence-electron chi connectivity index (χ3n) is 5.04. The predicted octanol–water partition coefficient (Wildman–Crippen LogP) is 1.15. The molecule has 136 valence electrons. The fourth-order valence-corrected chi connectivity index (χ4v) is 3.71. The van der Waals surface area contributed by atoms with Crippen LogP contribution in [0.5, 0.6) is 0 Å². The molecular weight excluding hydrogens is 328 g/mol. The first kappa shape index (κ1) is 16.9. The summed E-state index contributed by atoms with van der Waals surface area (Å²) in [5.74, 6) is 1.87. The van der Waals surface area contributed by atoms with E-state index in [1.165, 1.54) is 5.56 Å². The average Bonchev–Trinajstić information content (AvgIpc) is 3.18. The highest BCUT2D eigenvalue weighted by Gasteiger charge is 2.31. The Bertz CT molecular complexity index is 794. The van der Waals surface area contributed by atoms with Gasteiger partial charge in [0.1, 0.15) is 5.82 Å². The first-order valence-corrected chi connectivity index (χ1v) is 9.30. The molecule has 0 spiro atoms. The monoisotopic (exact) mass is 352 g/mol. The van der Waals surface area contributed by atoms with Gasteiger partial charge in [-0.1, -0.05) is 0 Å². The van der Waals surface area contributed by atoms with E-state index in [4.69, 9.17) is 9.97 Å². The summed E-state index contributed by atoms with van der Waals surface area (Å²) in [6.07, 6.45) is 5.33. The van der Waals surface area contributed by atoms with E-state index in [1.807, 2.05) is 19.1 Å². The van der Waals surface area contributed by atoms with E-state index in [0.717, 1.165) is 56.1 Å². The molecule has 7 nitrogen and oxygen atoms in total. The van der Waals surface area contributed by atoms with Crippen molar-refractivity contribution in [3.63, 3.8) is 0 Å². The molecule has 4 rings (SSSR count). The van der Waals surface area contributed by atoms with Gasteiger partial charge in [0.25, 0.3) is 0 Å². The first-order chi connectivity index (χ1) is 12.8. The first-order valence-electron chi connectivity index (χ1n) is 9.30. The van der Waals surface area contributed by atoms with Crippen LogP contribution in [0.3, 0.4) is 0 Å². The van der Waals surface area contributed by atoms with Crippen molar-refractivity contribution in [1.82, 2.24) is 25.6 Å². The van der Waals surface area contributed by atoms with Crippen molar-refractivity contribution in [3.8, 4) is 11.4 Å². The maximum atomic E-state index is 12.2. The molecule has 2 N–H and O–H groups in total. The molecule has 0 aliphatic carbocycles. The second kappa shape index (κ2) is 7.37. The molecule has 0 bridgehead atoms. The molecule has 26 heavy (non-hydrogen) atoms. The lowest BCUT2D eigenvalue weighted by Gasteiger charge is -2.26. The van der Waals surface area contributed by atoms with Crippen LogP contribution in [0, 0.1) is 5.92 Å². The van der Waals surface area contributed by atoms with Gasteiger partial charge in [0.15, 0.2) is 5.82 Å². The Morgan fingerprint density at radius 3 is 3.15 bits per heavy atom. The van der Waals surface area contributed by atoms with Crippen molar-refractivity contribution in [2.45, 2.75) is 26.3 Å². The summed E-state index contributed by atoms with van der Waals surface area (Å²) in [5, 5.41) is 6.34. The molecule has 4 heterocycles. The maximum absolute atomic E-state index is 12.2. The van der Waals surface area contributed by atoms with Crippen LogP contribution in [-0.4, -0.2) is 47.0 Å². The van der Waals surface area contributed by atoms with E-state index in [9.17, 15) is 4.79 Å². The standard InChI is InChI=1S/C19H24N6O/c1-2-22-19(26)14-6-9-25(12-14)18-15-5-8-21-11-16(15)23-17(24-18)13-4-3-7-20-10-13/h3-4,7,10,14,21H,2,5-6,8-9,11-12H2,1H3,(H,22,26)/t14-/m0/s1. The van der Waals surface area contributed by atoms with E-state index in [1.54, 1.807) is 12.4 Å². The minimum Gasteiger partial charge on any atom is -0.356 e. The highest BCUT2D eigenvalue weighted by Crippen LogP contribution is 2.30. The van der Waals surface area contributed by atoms with Crippen LogP contribution in [0.25, 0.3) is 11.4 Å². The lowest BCUT2D eigenvalue weighted by molar-refractivity contribution is -0.124. The zero-order valence-corrected chi connectivity index (χ0v) is 15.0. The molecule has 1 fully saturated rings. The van der Waals surface area contributed by atoms with Gasteiger partial charge in [0.2, 0.25) is 5.91 Å². The van der Waals surface area contributed by atoms with Gasteiger partial charge >= 0.3 is 0 Å². The van der Waals surface area contributed by atoms with Crippen LogP contribution in [-0.2, 0) is 17.8 Å². The van der Waals surface area contributed by atoms with E-state index >= 15 is 0 Å². The molecule has 2 aliphatic rings. The number of carbonyl (C=O) groups excluding carboxylic acids is 1. The molecule has 0 aromatic carbocycles. The van der Waals surface area contributed by atoms with Crippen molar-refractivity contribution in [2.24, 2.45) is 5.92 Å². The van der Waals surface area contributed by atoms with Crippen LogP contribution in [0.2, 0.25) is 0 Å². The van der Waals surface area contributed by atoms with Crippen molar-refractivity contribution < 1.29 is 4.79 Å². The number of pyridine rings is 1. The third kappa shape index (κ3) is 3.26. The smallest absolute Gasteiger partial charge is 0.224 e. The molecule has 1 amide bonds. The van der Waals surface area contributed by atoms with Gasteiger partial charge in [-0.15, -0.1) is 0 Å². The van der Waals surface area contributed by atoms with E-state index in [-0.39, 0.29) is 11.8 Å².